The third-order valence-corrected chi connectivity index (χ3v) is 3.03. The van der Waals surface area contributed by atoms with Crippen LogP contribution < -0.4 is 0 Å². The van der Waals surface area contributed by atoms with Crippen LogP contribution in [0.5, 0.6) is 0 Å². The topological polar surface area (TPSA) is 67.2 Å². The van der Waals surface area contributed by atoms with Crippen molar-refractivity contribution in [3.8, 4) is 6.07 Å². The fourth-order valence-corrected chi connectivity index (χ4v) is 2.86. The van der Waals surface area contributed by atoms with E-state index in [9.17, 15) is 8.42 Å². The van der Waals surface area contributed by atoms with Gasteiger partial charge in [0.15, 0.2) is 0 Å². The molecule has 0 aromatic carbocycles. The van der Waals surface area contributed by atoms with Gasteiger partial charge in [-0.25, -0.2) is 8.42 Å². The zero-order valence-electron chi connectivity index (χ0n) is 6.69. The number of ether oxygens (including phenoxy) is 1. The Morgan fingerprint density at radius 1 is 1.54 bits per heavy atom. The Kier molecular flexibility index (Phi) is 4.46. The summed E-state index contributed by atoms with van der Waals surface area (Å²) in [5.41, 5.74) is -0.546. The maximum Gasteiger partial charge on any atom is 0.233 e. The van der Waals surface area contributed by atoms with Gasteiger partial charge in [-0.05, 0) is 0 Å². The van der Waals surface area contributed by atoms with Crippen molar-refractivity contribution >= 4 is 32.1 Å². The molecule has 7 heteroatoms. The van der Waals surface area contributed by atoms with Crippen LogP contribution >= 0.6 is 23.1 Å². The van der Waals surface area contributed by atoms with Crippen molar-refractivity contribution in [2.24, 2.45) is 5.41 Å². The number of rotatable bonds is 3. The molecule has 0 amide bonds. The highest BCUT2D eigenvalue weighted by atomic mass is 35.7. The number of nitrogens with zero attached hydrogens (tertiary/aromatic N) is 1. The van der Waals surface area contributed by atoms with Crippen molar-refractivity contribution < 1.29 is 13.2 Å². The summed E-state index contributed by atoms with van der Waals surface area (Å²) in [6.45, 7) is 0.624. The molecule has 0 aromatic heterocycles. The quantitative estimate of drug-likeness (QED) is 0.694. The van der Waals surface area contributed by atoms with Gasteiger partial charge in [-0.15, -0.1) is 12.4 Å². The van der Waals surface area contributed by atoms with Crippen LogP contribution in [-0.4, -0.2) is 27.4 Å². The van der Waals surface area contributed by atoms with Gasteiger partial charge in [-0.2, -0.15) is 5.26 Å². The van der Waals surface area contributed by atoms with Gasteiger partial charge in [-0.1, -0.05) is 0 Å². The molecule has 0 atom stereocenters. The van der Waals surface area contributed by atoms with E-state index in [0.717, 1.165) is 0 Å². The maximum absolute atomic E-state index is 10.7. The van der Waals surface area contributed by atoms with Crippen molar-refractivity contribution in [1.29, 1.82) is 5.26 Å². The Labute approximate surface area is 87.6 Å². The second kappa shape index (κ2) is 4.47. The fourth-order valence-electron chi connectivity index (χ4n) is 1.16. The third kappa shape index (κ3) is 3.69. The highest BCUT2D eigenvalue weighted by Gasteiger charge is 2.42. The minimum absolute atomic E-state index is 0. The van der Waals surface area contributed by atoms with Crippen LogP contribution in [0.3, 0.4) is 0 Å². The first kappa shape index (κ1) is 13.0. The first-order chi connectivity index (χ1) is 5.47. The summed E-state index contributed by atoms with van der Waals surface area (Å²) in [5, 5.41) is 8.42. The van der Waals surface area contributed by atoms with E-state index in [1.807, 2.05) is 6.07 Å². The minimum Gasteiger partial charge on any atom is -0.380 e. The molecule has 1 rings (SSSR count). The summed E-state index contributed by atoms with van der Waals surface area (Å²) in [6.07, 6.45) is 0.180. The van der Waals surface area contributed by atoms with E-state index in [1.165, 1.54) is 0 Å². The van der Waals surface area contributed by atoms with Crippen molar-refractivity contribution in [3.05, 3.63) is 0 Å². The van der Waals surface area contributed by atoms with E-state index in [-0.39, 0.29) is 24.6 Å². The lowest BCUT2D eigenvalue weighted by atomic mass is 9.85. The molecule has 1 aliphatic rings. The van der Waals surface area contributed by atoms with Gasteiger partial charge < -0.3 is 4.74 Å². The van der Waals surface area contributed by atoms with Crippen LogP contribution in [0.4, 0.5) is 0 Å². The molecule has 0 spiro atoms. The molecule has 1 heterocycles. The Bertz CT molecular complexity index is 304. The van der Waals surface area contributed by atoms with Crippen molar-refractivity contribution in [2.75, 3.05) is 19.0 Å². The lowest BCUT2D eigenvalue weighted by Crippen LogP contribution is -2.46. The van der Waals surface area contributed by atoms with Gasteiger partial charge in [0.1, 0.15) is 0 Å². The van der Waals surface area contributed by atoms with E-state index < -0.39 is 14.5 Å². The summed E-state index contributed by atoms with van der Waals surface area (Å²) < 4.78 is 26.3. The molecule has 1 fully saturated rings. The Morgan fingerprint density at radius 2 is 2.08 bits per heavy atom. The Balaban J connectivity index is 0.00000144. The molecule has 0 N–H and O–H groups in total. The van der Waals surface area contributed by atoms with Crippen molar-refractivity contribution in [3.63, 3.8) is 0 Å². The lowest BCUT2D eigenvalue weighted by molar-refractivity contribution is -0.0954. The highest BCUT2D eigenvalue weighted by Crippen LogP contribution is 2.33. The fraction of sp³-hybridized carbons (Fsp3) is 0.833. The van der Waals surface area contributed by atoms with Gasteiger partial charge in [0.05, 0.1) is 25.0 Å². The average Bonchev–Trinajstić information content (AvgIpc) is 1.80. The molecule has 4 nitrogen and oxygen atoms in total. The summed E-state index contributed by atoms with van der Waals surface area (Å²) in [6, 6.07) is 1.93. The van der Waals surface area contributed by atoms with E-state index in [4.69, 9.17) is 20.7 Å². The summed E-state index contributed by atoms with van der Waals surface area (Å²) in [7, 11) is 1.55. The van der Waals surface area contributed by atoms with Gasteiger partial charge in [-0.3, -0.25) is 0 Å². The van der Waals surface area contributed by atoms with Gasteiger partial charge >= 0.3 is 0 Å². The van der Waals surface area contributed by atoms with Crippen molar-refractivity contribution in [2.45, 2.75) is 6.42 Å². The standard InChI is InChI=1S/C6H8ClNO3S.ClH/c7-12(9,10)5-6(1-2-8)3-11-4-6;/h1,3-5H2;1H. The highest BCUT2D eigenvalue weighted by molar-refractivity contribution is 8.13. The van der Waals surface area contributed by atoms with Crippen LogP contribution in [-0.2, 0) is 13.8 Å². The molecular formula is C6H9Cl2NO3S. The number of halogens is 2. The van der Waals surface area contributed by atoms with E-state index in [2.05, 4.69) is 0 Å². The van der Waals surface area contributed by atoms with Crippen LogP contribution in [0, 0.1) is 16.7 Å². The van der Waals surface area contributed by atoms with Crippen LogP contribution in [0.1, 0.15) is 6.42 Å². The number of hydrogen-bond donors (Lipinski definition) is 0. The molecule has 1 aliphatic heterocycles. The number of nitriles is 1. The molecule has 0 aromatic rings. The smallest absolute Gasteiger partial charge is 0.233 e. The van der Waals surface area contributed by atoms with E-state index >= 15 is 0 Å². The summed E-state index contributed by atoms with van der Waals surface area (Å²) >= 11 is 0. The maximum atomic E-state index is 10.7. The molecule has 1 saturated heterocycles. The SMILES string of the molecule is Cl.N#CCC1(CS(=O)(=O)Cl)COC1. The van der Waals surface area contributed by atoms with Crippen LogP contribution in [0.15, 0.2) is 0 Å². The minimum atomic E-state index is -3.52. The molecule has 0 saturated carbocycles. The second-order valence-corrected chi connectivity index (χ2v) is 5.79. The van der Waals surface area contributed by atoms with E-state index in [0.29, 0.717) is 13.2 Å². The summed E-state index contributed by atoms with van der Waals surface area (Å²) in [4.78, 5) is 0. The van der Waals surface area contributed by atoms with Gasteiger partial charge in [0.25, 0.3) is 0 Å². The van der Waals surface area contributed by atoms with Crippen molar-refractivity contribution in [1.82, 2.24) is 0 Å². The predicted molar refractivity (Wildman–Crippen MR) is 50.4 cm³/mol. The monoisotopic (exact) mass is 245 g/mol. The Morgan fingerprint density at radius 3 is 2.31 bits per heavy atom. The summed E-state index contributed by atoms with van der Waals surface area (Å²) in [5.74, 6) is -0.172. The molecule has 0 radical (unpaired) electrons. The first-order valence-electron chi connectivity index (χ1n) is 3.35. The largest absolute Gasteiger partial charge is 0.380 e. The third-order valence-electron chi connectivity index (χ3n) is 1.75. The molecule has 13 heavy (non-hydrogen) atoms. The molecule has 0 bridgehead atoms. The van der Waals surface area contributed by atoms with E-state index in [1.54, 1.807) is 0 Å². The van der Waals surface area contributed by atoms with Gasteiger partial charge in [0.2, 0.25) is 9.05 Å². The van der Waals surface area contributed by atoms with Crippen LogP contribution in [0.2, 0.25) is 0 Å². The molecule has 0 unspecified atom stereocenters. The normalized spacial score (nSPS) is 19.4. The second-order valence-electron chi connectivity index (χ2n) is 3.01. The molecule has 0 aliphatic carbocycles. The Hall–Kier alpha value is -0.0200. The van der Waals surface area contributed by atoms with Gasteiger partial charge in [0, 0.05) is 22.5 Å². The number of hydrogen-bond acceptors (Lipinski definition) is 4. The zero-order valence-corrected chi connectivity index (χ0v) is 9.08. The first-order valence-corrected chi connectivity index (χ1v) is 5.82. The predicted octanol–water partition coefficient (Wildman–Crippen LogP) is 0.907. The molecule has 76 valence electrons. The van der Waals surface area contributed by atoms with Crippen LogP contribution in [0.25, 0.3) is 0 Å². The molecular weight excluding hydrogens is 237 g/mol. The average molecular weight is 246 g/mol. The lowest BCUT2D eigenvalue weighted by Gasteiger charge is -2.38. The zero-order chi connectivity index (χ0) is 9.24.